The maximum Gasteiger partial charge on any atom is 0.259 e. The summed E-state index contributed by atoms with van der Waals surface area (Å²) in [5.41, 5.74) is 2.29. The van der Waals surface area contributed by atoms with Crippen molar-refractivity contribution in [3.8, 4) is 5.75 Å². The van der Waals surface area contributed by atoms with E-state index in [-0.39, 0.29) is 29.8 Å². The van der Waals surface area contributed by atoms with Crippen LogP contribution in [-0.4, -0.2) is 49.3 Å². The van der Waals surface area contributed by atoms with Crippen LogP contribution in [0.3, 0.4) is 0 Å². The number of nitrogens with zero attached hydrogens (tertiary/aromatic N) is 5. The minimum absolute atomic E-state index is 0.219. The fourth-order valence-electron chi connectivity index (χ4n) is 4.86. The van der Waals surface area contributed by atoms with E-state index in [1.807, 2.05) is 16.9 Å². The molecule has 0 aliphatic heterocycles. The summed E-state index contributed by atoms with van der Waals surface area (Å²) >= 11 is 0. The maximum absolute atomic E-state index is 13.1. The molecule has 6 rings (SSSR count). The van der Waals surface area contributed by atoms with Gasteiger partial charge in [-0.05, 0) is 50.7 Å². The molecule has 2 aliphatic carbocycles. The van der Waals surface area contributed by atoms with Crippen molar-refractivity contribution in [2.45, 2.75) is 50.6 Å². The molecular formula is C25H27N7O3. The van der Waals surface area contributed by atoms with Crippen LogP contribution in [0, 0.1) is 5.92 Å². The van der Waals surface area contributed by atoms with Gasteiger partial charge in [0.25, 0.3) is 5.91 Å². The monoisotopic (exact) mass is 473 g/mol. The lowest BCUT2D eigenvalue weighted by molar-refractivity contribution is -0.123. The molecule has 1 aromatic carbocycles. The van der Waals surface area contributed by atoms with Crippen LogP contribution in [0.15, 0.2) is 43.0 Å². The number of amides is 2. The molecule has 0 bridgehead atoms. The number of methoxy groups -OCH3 is 1. The van der Waals surface area contributed by atoms with Crippen molar-refractivity contribution in [1.82, 2.24) is 29.7 Å². The Bertz CT molecular complexity index is 1410. The molecule has 2 N–H and O–H groups in total. The lowest BCUT2D eigenvalue weighted by atomic mass is 9.91. The van der Waals surface area contributed by atoms with Crippen LogP contribution < -0.4 is 15.4 Å². The van der Waals surface area contributed by atoms with Gasteiger partial charge < -0.3 is 15.4 Å². The van der Waals surface area contributed by atoms with Crippen LogP contribution in [0.5, 0.6) is 5.75 Å². The summed E-state index contributed by atoms with van der Waals surface area (Å²) in [5, 5.41) is 16.0. The van der Waals surface area contributed by atoms with E-state index in [9.17, 15) is 9.59 Å². The summed E-state index contributed by atoms with van der Waals surface area (Å²) in [6, 6.07) is 5.92. The second-order valence-electron chi connectivity index (χ2n) is 9.41. The van der Waals surface area contributed by atoms with Gasteiger partial charge in [0.2, 0.25) is 5.91 Å². The highest BCUT2D eigenvalue weighted by molar-refractivity contribution is 6.09. The first-order chi connectivity index (χ1) is 17.1. The molecule has 4 aromatic rings. The van der Waals surface area contributed by atoms with Crippen LogP contribution >= 0.6 is 0 Å². The van der Waals surface area contributed by atoms with E-state index in [2.05, 4.69) is 20.7 Å². The molecule has 0 radical (unpaired) electrons. The normalized spacial score (nSPS) is 20.1. The molecule has 10 nitrogen and oxygen atoms in total. The predicted molar refractivity (Wildman–Crippen MR) is 129 cm³/mol. The highest BCUT2D eigenvalue weighted by Gasteiger charge is 2.32. The van der Waals surface area contributed by atoms with Gasteiger partial charge in [0.15, 0.2) is 5.65 Å². The van der Waals surface area contributed by atoms with Gasteiger partial charge >= 0.3 is 0 Å². The van der Waals surface area contributed by atoms with E-state index >= 15 is 0 Å². The number of ether oxygens (including phenoxy) is 1. The lowest BCUT2D eigenvalue weighted by Crippen LogP contribution is -2.38. The molecule has 0 atom stereocenters. The van der Waals surface area contributed by atoms with Crippen molar-refractivity contribution >= 4 is 34.1 Å². The number of benzene rings is 1. The first-order valence-electron chi connectivity index (χ1n) is 12.1. The average molecular weight is 474 g/mol. The van der Waals surface area contributed by atoms with E-state index in [1.165, 1.54) is 0 Å². The van der Waals surface area contributed by atoms with E-state index in [0.717, 1.165) is 49.4 Å². The predicted octanol–water partition coefficient (Wildman–Crippen LogP) is 3.35. The number of carbonyl (C=O) groups is 2. The molecule has 2 aliphatic rings. The number of rotatable bonds is 6. The molecule has 0 unspecified atom stereocenters. The Kier molecular flexibility index (Phi) is 5.35. The minimum Gasteiger partial charge on any atom is -0.496 e. The summed E-state index contributed by atoms with van der Waals surface area (Å²) in [6.45, 7) is 0. The lowest BCUT2D eigenvalue weighted by Gasteiger charge is -2.29. The van der Waals surface area contributed by atoms with Crippen molar-refractivity contribution in [1.29, 1.82) is 0 Å². The SMILES string of the molecule is COc1cc2nn([C@H]3CC[C@H](NC(=O)C4CC4)CC3)cc2cc1C(=O)Nc1cnn2cccnc12. The van der Waals surface area contributed by atoms with Crippen LogP contribution in [0.1, 0.15) is 54.9 Å². The van der Waals surface area contributed by atoms with Crippen molar-refractivity contribution in [3.63, 3.8) is 0 Å². The molecule has 35 heavy (non-hydrogen) atoms. The van der Waals surface area contributed by atoms with Crippen molar-refractivity contribution in [2.75, 3.05) is 12.4 Å². The third kappa shape index (κ3) is 4.20. The molecule has 0 saturated heterocycles. The van der Waals surface area contributed by atoms with Crippen molar-refractivity contribution in [3.05, 3.63) is 48.5 Å². The number of fused-ring (bicyclic) bond motifs is 2. The number of hydrogen-bond acceptors (Lipinski definition) is 6. The van der Waals surface area contributed by atoms with Crippen molar-refractivity contribution in [2.24, 2.45) is 5.92 Å². The van der Waals surface area contributed by atoms with Crippen LogP contribution in [0.4, 0.5) is 5.69 Å². The Morgan fingerprint density at radius 1 is 1.11 bits per heavy atom. The molecule has 0 spiro atoms. The second kappa shape index (κ2) is 8.68. The molecule has 3 aromatic heterocycles. The summed E-state index contributed by atoms with van der Waals surface area (Å²) in [5.74, 6) is 0.617. The second-order valence-corrected chi connectivity index (χ2v) is 9.41. The van der Waals surface area contributed by atoms with Crippen LogP contribution in [0.2, 0.25) is 0 Å². The minimum atomic E-state index is -0.302. The van der Waals surface area contributed by atoms with E-state index in [0.29, 0.717) is 22.6 Å². The molecule has 10 heteroatoms. The van der Waals surface area contributed by atoms with Crippen LogP contribution in [0.25, 0.3) is 16.6 Å². The largest absolute Gasteiger partial charge is 0.496 e. The molecule has 2 fully saturated rings. The fraction of sp³-hybridized carbons (Fsp3) is 0.400. The van der Waals surface area contributed by atoms with Gasteiger partial charge in [0.05, 0.1) is 30.4 Å². The molecule has 180 valence electrons. The standard InChI is InChI=1S/C25H27N7O3/c1-35-22-12-20-16(11-19(22)25(34)29-21-13-27-31-10-2-9-26-23(21)31)14-32(30-20)18-7-5-17(6-8-18)28-24(33)15-3-4-15/h2,9-15,17-18H,3-8H2,1H3,(H,28,33)(H,29,34)/t17-,18-. The number of aromatic nitrogens is 5. The zero-order chi connectivity index (χ0) is 23.9. The van der Waals surface area contributed by atoms with Gasteiger partial charge in [-0.2, -0.15) is 10.2 Å². The third-order valence-electron chi connectivity index (χ3n) is 6.98. The van der Waals surface area contributed by atoms with Gasteiger partial charge in [-0.1, -0.05) is 0 Å². The fourth-order valence-corrected chi connectivity index (χ4v) is 4.86. The Balaban J connectivity index is 1.19. The summed E-state index contributed by atoms with van der Waals surface area (Å²) in [6.07, 6.45) is 12.9. The molecule has 2 amide bonds. The highest BCUT2D eigenvalue weighted by Crippen LogP contribution is 2.33. The van der Waals surface area contributed by atoms with Gasteiger partial charge in [-0.3, -0.25) is 14.3 Å². The van der Waals surface area contributed by atoms with Gasteiger partial charge in [-0.25, -0.2) is 9.50 Å². The Morgan fingerprint density at radius 3 is 2.71 bits per heavy atom. The third-order valence-corrected chi connectivity index (χ3v) is 6.98. The molecule has 3 heterocycles. The summed E-state index contributed by atoms with van der Waals surface area (Å²) in [7, 11) is 1.54. The number of hydrogen-bond donors (Lipinski definition) is 2. The Hall–Kier alpha value is -3.95. The quantitative estimate of drug-likeness (QED) is 0.444. The van der Waals surface area contributed by atoms with Gasteiger partial charge in [0.1, 0.15) is 11.4 Å². The van der Waals surface area contributed by atoms with Crippen molar-refractivity contribution < 1.29 is 14.3 Å². The van der Waals surface area contributed by atoms with E-state index < -0.39 is 0 Å². The number of anilines is 1. The molecular weight excluding hydrogens is 446 g/mol. The Morgan fingerprint density at radius 2 is 1.94 bits per heavy atom. The number of carbonyl (C=O) groups excluding carboxylic acids is 2. The summed E-state index contributed by atoms with van der Waals surface area (Å²) in [4.78, 5) is 29.5. The molecule has 2 saturated carbocycles. The average Bonchev–Trinajstić information content (AvgIpc) is 3.54. The van der Waals surface area contributed by atoms with Gasteiger partial charge in [0, 0.05) is 42.0 Å². The first-order valence-corrected chi connectivity index (χ1v) is 12.1. The summed E-state index contributed by atoms with van der Waals surface area (Å²) < 4.78 is 9.13. The topological polar surface area (TPSA) is 115 Å². The number of nitrogens with one attached hydrogen (secondary N) is 2. The highest BCUT2D eigenvalue weighted by atomic mass is 16.5. The zero-order valence-electron chi connectivity index (χ0n) is 19.5. The van der Waals surface area contributed by atoms with E-state index in [1.54, 1.807) is 42.3 Å². The smallest absolute Gasteiger partial charge is 0.259 e. The van der Waals surface area contributed by atoms with E-state index in [4.69, 9.17) is 9.84 Å². The Labute approximate surface area is 201 Å². The van der Waals surface area contributed by atoms with Gasteiger partial charge in [-0.15, -0.1) is 0 Å². The van der Waals surface area contributed by atoms with Crippen LogP contribution in [-0.2, 0) is 4.79 Å². The maximum atomic E-state index is 13.1. The first kappa shape index (κ1) is 21.6. The zero-order valence-corrected chi connectivity index (χ0v) is 19.5.